The maximum Gasteiger partial charge on any atom is 0.378 e. The van der Waals surface area contributed by atoms with Gasteiger partial charge in [-0.2, -0.15) is 0 Å². The highest BCUT2D eigenvalue weighted by atomic mass is 16.5. The lowest BCUT2D eigenvalue weighted by molar-refractivity contribution is -0.164. The average Bonchev–Trinajstić information content (AvgIpc) is 2.40. The fraction of sp³-hybridized carbons (Fsp3) is 0.778. The Balaban J connectivity index is 4.43. The number of carbonyl (C=O) groups is 2. The van der Waals surface area contributed by atoms with Crippen molar-refractivity contribution in [2.24, 2.45) is 11.1 Å². The van der Waals surface area contributed by atoms with E-state index in [-0.39, 0.29) is 29.9 Å². The second-order valence-electron chi connectivity index (χ2n) is 8.28. The smallest absolute Gasteiger partial charge is 0.378 e. The van der Waals surface area contributed by atoms with Crippen LogP contribution in [0.5, 0.6) is 0 Å². The maximum atomic E-state index is 12.1. The highest BCUT2D eigenvalue weighted by Gasteiger charge is 2.36. The fourth-order valence-electron chi connectivity index (χ4n) is 1.57. The molecule has 0 saturated heterocycles. The van der Waals surface area contributed by atoms with E-state index in [1.54, 1.807) is 0 Å². The first-order valence-electron chi connectivity index (χ1n) is 8.09. The molecule has 0 saturated carbocycles. The Kier molecular flexibility index (Phi) is 8.12. The molecule has 0 unspecified atom stereocenters. The van der Waals surface area contributed by atoms with Gasteiger partial charge in [0, 0.05) is 5.70 Å². The van der Waals surface area contributed by atoms with E-state index in [0.29, 0.717) is 13.0 Å². The van der Waals surface area contributed by atoms with Gasteiger partial charge in [0.2, 0.25) is 0 Å². The standard InChI is InChI=1S/C18H33NO5/c1-13(19)11-22-15(21)14(20)18(7,8)23-10-9-17(5,6)24-12-16(2,3)4/h1,9-12,19H2,2-8H3. The number of esters is 1. The second kappa shape index (κ2) is 8.62. The summed E-state index contributed by atoms with van der Waals surface area (Å²) in [7, 11) is 0. The molecule has 0 aromatic carbocycles. The molecule has 0 atom stereocenters. The number of Topliss-reactive ketones (excluding diaryl/α,β-unsaturated/α-hetero) is 1. The summed E-state index contributed by atoms with van der Waals surface area (Å²) in [6.07, 6.45) is 0.592. The lowest BCUT2D eigenvalue weighted by Gasteiger charge is -2.31. The molecule has 0 heterocycles. The van der Waals surface area contributed by atoms with Crippen LogP contribution in [0.2, 0.25) is 0 Å². The van der Waals surface area contributed by atoms with Crippen molar-refractivity contribution in [3.05, 3.63) is 12.3 Å². The van der Waals surface area contributed by atoms with Crippen molar-refractivity contribution in [1.82, 2.24) is 0 Å². The molecule has 0 amide bonds. The van der Waals surface area contributed by atoms with Gasteiger partial charge >= 0.3 is 5.97 Å². The van der Waals surface area contributed by atoms with Crippen molar-refractivity contribution in [2.75, 3.05) is 19.8 Å². The van der Waals surface area contributed by atoms with E-state index >= 15 is 0 Å². The van der Waals surface area contributed by atoms with Crippen LogP contribution in [0.25, 0.3) is 0 Å². The zero-order valence-electron chi connectivity index (χ0n) is 16.2. The Bertz CT molecular complexity index is 461. The molecule has 140 valence electrons. The van der Waals surface area contributed by atoms with Gasteiger partial charge in [0.25, 0.3) is 5.78 Å². The molecule has 0 aliphatic rings. The SMILES string of the molecule is C=C(N)COC(=O)C(=O)C(C)(C)OCCC(C)(C)OCC(C)(C)C. The lowest BCUT2D eigenvalue weighted by Crippen LogP contribution is -2.42. The van der Waals surface area contributed by atoms with Gasteiger partial charge in [-0.15, -0.1) is 0 Å². The molecule has 24 heavy (non-hydrogen) atoms. The van der Waals surface area contributed by atoms with Crippen molar-refractivity contribution in [3.8, 4) is 0 Å². The van der Waals surface area contributed by atoms with Crippen LogP contribution in [0.15, 0.2) is 12.3 Å². The maximum absolute atomic E-state index is 12.1. The van der Waals surface area contributed by atoms with Gasteiger partial charge in [-0.1, -0.05) is 27.4 Å². The van der Waals surface area contributed by atoms with Crippen molar-refractivity contribution in [1.29, 1.82) is 0 Å². The number of ether oxygens (including phenoxy) is 3. The summed E-state index contributed by atoms with van der Waals surface area (Å²) < 4.78 is 16.3. The highest BCUT2D eigenvalue weighted by Crippen LogP contribution is 2.22. The average molecular weight is 343 g/mol. The van der Waals surface area contributed by atoms with E-state index in [0.717, 1.165) is 0 Å². The molecule has 6 nitrogen and oxygen atoms in total. The summed E-state index contributed by atoms with van der Waals surface area (Å²) in [6, 6.07) is 0. The van der Waals surface area contributed by atoms with Crippen LogP contribution < -0.4 is 5.73 Å². The third-order valence-electron chi connectivity index (χ3n) is 3.18. The Labute approximate surface area is 145 Å². The van der Waals surface area contributed by atoms with E-state index in [2.05, 4.69) is 27.4 Å². The summed E-state index contributed by atoms with van der Waals surface area (Å²) in [4.78, 5) is 23.8. The molecular formula is C18H33NO5. The third kappa shape index (κ3) is 9.67. The van der Waals surface area contributed by atoms with Gasteiger partial charge in [-0.25, -0.2) is 4.79 Å². The first-order chi connectivity index (χ1) is 10.7. The van der Waals surface area contributed by atoms with E-state index in [4.69, 9.17) is 19.9 Å². The summed E-state index contributed by atoms with van der Waals surface area (Å²) in [5.41, 5.74) is 3.90. The van der Waals surface area contributed by atoms with Crippen LogP contribution in [0, 0.1) is 5.41 Å². The third-order valence-corrected chi connectivity index (χ3v) is 3.18. The van der Waals surface area contributed by atoms with Crippen LogP contribution in [0.4, 0.5) is 0 Å². The van der Waals surface area contributed by atoms with Crippen LogP contribution in [0.3, 0.4) is 0 Å². The van der Waals surface area contributed by atoms with E-state index in [9.17, 15) is 9.59 Å². The van der Waals surface area contributed by atoms with Gasteiger partial charge in [-0.3, -0.25) is 4.79 Å². The topological polar surface area (TPSA) is 87.9 Å². The number of hydrogen-bond acceptors (Lipinski definition) is 6. The zero-order chi connectivity index (χ0) is 19.2. The molecule has 0 fully saturated rings. The lowest BCUT2D eigenvalue weighted by atomic mass is 9.97. The summed E-state index contributed by atoms with van der Waals surface area (Å²) in [5.74, 6) is -1.73. The quantitative estimate of drug-likeness (QED) is 0.484. The Morgan fingerprint density at radius 1 is 1.00 bits per heavy atom. The minimum atomic E-state index is -1.27. The van der Waals surface area contributed by atoms with Crippen molar-refractivity contribution >= 4 is 11.8 Å². The van der Waals surface area contributed by atoms with Gasteiger partial charge in [0.1, 0.15) is 12.2 Å². The fourth-order valence-corrected chi connectivity index (χ4v) is 1.57. The number of carbonyl (C=O) groups excluding carboxylic acids is 2. The molecule has 0 radical (unpaired) electrons. The minimum absolute atomic E-state index is 0.0735. The number of rotatable bonds is 10. The predicted molar refractivity (Wildman–Crippen MR) is 93.4 cm³/mol. The van der Waals surface area contributed by atoms with Gasteiger partial charge in [0.15, 0.2) is 0 Å². The Hall–Kier alpha value is -1.40. The van der Waals surface area contributed by atoms with Crippen LogP contribution >= 0.6 is 0 Å². The monoisotopic (exact) mass is 343 g/mol. The van der Waals surface area contributed by atoms with Crippen LogP contribution in [-0.4, -0.2) is 42.8 Å². The van der Waals surface area contributed by atoms with Gasteiger partial charge in [-0.05, 0) is 39.5 Å². The molecule has 0 aliphatic heterocycles. The van der Waals surface area contributed by atoms with Crippen LogP contribution in [0.1, 0.15) is 54.9 Å². The van der Waals surface area contributed by atoms with Crippen LogP contribution in [-0.2, 0) is 23.8 Å². The Morgan fingerprint density at radius 3 is 2.00 bits per heavy atom. The van der Waals surface area contributed by atoms with E-state index in [1.807, 2.05) is 13.8 Å². The van der Waals surface area contributed by atoms with Crippen molar-refractivity contribution in [2.45, 2.75) is 66.1 Å². The van der Waals surface area contributed by atoms with E-state index < -0.39 is 17.4 Å². The number of hydrogen-bond donors (Lipinski definition) is 1. The molecular weight excluding hydrogens is 310 g/mol. The zero-order valence-corrected chi connectivity index (χ0v) is 16.2. The number of nitrogens with two attached hydrogens (primary N) is 1. The predicted octanol–water partition coefficient (Wildman–Crippen LogP) is 2.60. The van der Waals surface area contributed by atoms with Gasteiger partial charge in [0.05, 0.1) is 18.8 Å². The minimum Gasteiger partial charge on any atom is -0.453 e. The van der Waals surface area contributed by atoms with Crippen molar-refractivity contribution < 1.29 is 23.8 Å². The highest BCUT2D eigenvalue weighted by molar-refractivity contribution is 6.36. The molecule has 6 heteroatoms. The molecule has 2 N–H and O–H groups in total. The number of ketones is 1. The normalized spacial score (nSPS) is 12.8. The molecule has 0 bridgehead atoms. The largest absolute Gasteiger partial charge is 0.453 e. The second-order valence-corrected chi connectivity index (χ2v) is 8.28. The Morgan fingerprint density at radius 2 is 1.54 bits per heavy atom. The summed E-state index contributed by atoms with van der Waals surface area (Å²) in [6.45, 7) is 17.4. The van der Waals surface area contributed by atoms with Gasteiger partial charge < -0.3 is 19.9 Å². The summed E-state index contributed by atoms with van der Waals surface area (Å²) >= 11 is 0. The first-order valence-corrected chi connectivity index (χ1v) is 8.09. The molecule has 0 aliphatic carbocycles. The first kappa shape index (κ1) is 22.6. The molecule has 0 rings (SSSR count). The molecule has 0 aromatic rings. The van der Waals surface area contributed by atoms with E-state index in [1.165, 1.54) is 13.8 Å². The molecule has 0 spiro atoms. The summed E-state index contributed by atoms with van der Waals surface area (Å²) in [5, 5.41) is 0. The van der Waals surface area contributed by atoms with Crippen molar-refractivity contribution in [3.63, 3.8) is 0 Å². The molecule has 0 aromatic heterocycles.